The van der Waals surface area contributed by atoms with Crippen molar-refractivity contribution < 1.29 is 9.59 Å². The van der Waals surface area contributed by atoms with E-state index in [-0.39, 0.29) is 11.8 Å². The minimum Gasteiger partial charge on any atom is -0.345 e. The summed E-state index contributed by atoms with van der Waals surface area (Å²) in [5, 5.41) is 7.57. The number of aromatic nitrogens is 1. The maximum absolute atomic E-state index is 12.6. The molecule has 5 heteroatoms. The fourth-order valence-corrected chi connectivity index (χ4v) is 2.96. The molecule has 1 aliphatic rings. The molecule has 2 amide bonds. The highest BCUT2D eigenvalue weighted by Gasteiger charge is 2.27. The van der Waals surface area contributed by atoms with Crippen LogP contribution >= 0.6 is 0 Å². The van der Waals surface area contributed by atoms with Crippen molar-refractivity contribution in [3.05, 3.63) is 36.5 Å². The first-order valence-corrected chi connectivity index (χ1v) is 8.05. The Morgan fingerprint density at radius 3 is 2.74 bits per heavy atom. The SMILES string of the molecule is CC(=O)N[C@H](CC1CCC1)C(=O)Nc1nccc2ccccc12. The van der Waals surface area contributed by atoms with Crippen LogP contribution in [0, 0.1) is 5.92 Å². The third-order valence-electron chi connectivity index (χ3n) is 4.40. The molecule has 1 fully saturated rings. The van der Waals surface area contributed by atoms with Crippen molar-refractivity contribution in [3.63, 3.8) is 0 Å². The highest BCUT2D eigenvalue weighted by atomic mass is 16.2. The number of benzene rings is 1. The fraction of sp³-hybridized carbons (Fsp3) is 0.389. The van der Waals surface area contributed by atoms with Crippen molar-refractivity contribution in [3.8, 4) is 0 Å². The summed E-state index contributed by atoms with van der Waals surface area (Å²) in [5.74, 6) is 0.682. The van der Waals surface area contributed by atoms with Gasteiger partial charge in [-0.15, -0.1) is 0 Å². The standard InChI is InChI=1S/C18H21N3O2/c1-12(22)20-16(11-13-5-4-6-13)18(23)21-17-15-8-3-2-7-14(15)9-10-19-17/h2-3,7-10,13,16H,4-6,11H2,1H3,(H,20,22)(H,19,21,23)/t16-/m1/s1. The zero-order chi connectivity index (χ0) is 16.2. The van der Waals surface area contributed by atoms with Crippen molar-refractivity contribution in [1.29, 1.82) is 0 Å². The van der Waals surface area contributed by atoms with Crippen LogP contribution in [-0.4, -0.2) is 22.8 Å². The Hall–Kier alpha value is -2.43. The molecule has 0 spiro atoms. The highest BCUT2D eigenvalue weighted by Crippen LogP contribution is 2.31. The quantitative estimate of drug-likeness (QED) is 0.892. The van der Waals surface area contributed by atoms with Gasteiger partial charge in [-0.05, 0) is 23.8 Å². The molecule has 0 unspecified atom stereocenters. The number of carbonyl (C=O) groups is 2. The van der Waals surface area contributed by atoms with E-state index in [1.165, 1.54) is 13.3 Å². The molecule has 2 aromatic rings. The predicted molar refractivity (Wildman–Crippen MR) is 89.9 cm³/mol. The molecular formula is C18H21N3O2. The lowest BCUT2D eigenvalue weighted by Gasteiger charge is -2.29. The van der Waals surface area contributed by atoms with Crippen LogP contribution in [-0.2, 0) is 9.59 Å². The zero-order valence-corrected chi connectivity index (χ0v) is 13.2. The maximum Gasteiger partial charge on any atom is 0.248 e. The number of rotatable bonds is 5. The molecule has 120 valence electrons. The third kappa shape index (κ3) is 3.67. The van der Waals surface area contributed by atoms with Crippen LogP contribution in [0.3, 0.4) is 0 Å². The van der Waals surface area contributed by atoms with Gasteiger partial charge in [0.05, 0.1) is 0 Å². The first-order valence-electron chi connectivity index (χ1n) is 8.05. The van der Waals surface area contributed by atoms with Crippen LogP contribution in [0.25, 0.3) is 10.8 Å². The Bertz CT molecular complexity index is 720. The van der Waals surface area contributed by atoms with E-state index < -0.39 is 6.04 Å². The van der Waals surface area contributed by atoms with Crippen molar-refractivity contribution in [1.82, 2.24) is 10.3 Å². The summed E-state index contributed by atoms with van der Waals surface area (Å²) in [5.41, 5.74) is 0. The van der Waals surface area contributed by atoms with Gasteiger partial charge < -0.3 is 10.6 Å². The molecule has 23 heavy (non-hydrogen) atoms. The van der Waals surface area contributed by atoms with E-state index >= 15 is 0 Å². The number of carbonyl (C=O) groups excluding carboxylic acids is 2. The summed E-state index contributed by atoms with van der Waals surface area (Å²) in [6.07, 6.45) is 5.85. The maximum atomic E-state index is 12.6. The molecule has 5 nitrogen and oxygen atoms in total. The Kier molecular flexibility index (Phi) is 4.55. The van der Waals surface area contributed by atoms with Gasteiger partial charge in [0.2, 0.25) is 11.8 Å². The molecule has 1 saturated carbocycles. The van der Waals surface area contributed by atoms with E-state index in [2.05, 4.69) is 15.6 Å². The normalized spacial score (nSPS) is 15.7. The van der Waals surface area contributed by atoms with Gasteiger partial charge in [0.25, 0.3) is 0 Å². The highest BCUT2D eigenvalue weighted by molar-refractivity contribution is 6.03. The largest absolute Gasteiger partial charge is 0.345 e. The summed E-state index contributed by atoms with van der Waals surface area (Å²) in [4.78, 5) is 28.3. The second-order valence-electron chi connectivity index (χ2n) is 6.16. The van der Waals surface area contributed by atoms with Gasteiger partial charge in [0.1, 0.15) is 11.9 Å². The molecule has 1 aromatic carbocycles. The average molecular weight is 311 g/mol. The van der Waals surface area contributed by atoms with Crippen molar-refractivity contribution in [2.75, 3.05) is 5.32 Å². The lowest BCUT2D eigenvalue weighted by atomic mass is 9.80. The van der Waals surface area contributed by atoms with Gasteiger partial charge >= 0.3 is 0 Å². The lowest BCUT2D eigenvalue weighted by molar-refractivity contribution is -0.125. The van der Waals surface area contributed by atoms with Crippen LogP contribution in [0.15, 0.2) is 36.5 Å². The summed E-state index contributed by atoms with van der Waals surface area (Å²) in [6, 6.07) is 9.18. The summed E-state index contributed by atoms with van der Waals surface area (Å²) in [7, 11) is 0. The van der Waals surface area contributed by atoms with Crippen LogP contribution in [0.5, 0.6) is 0 Å². The topological polar surface area (TPSA) is 71.1 Å². The monoisotopic (exact) mass is 311 g/mol. The van der Waals surface area contributed by atoms with Crippen LogP contribution in [0.1, 0.15) is 32.6 Å². The number of fused-ring (bicyclic) bond motifs is 1. The molecular weight excluding hydrogens is 290 g/mol. The lowest BCUT2D eigenvalue weighted by Crippen LogP contribution is -2.44. The third-order valence-corrected chi connectivity index (χ3v) is 4.40. The number of nitrogens with one attached hydrogen (secondary N) is 2. The summed E-state index contributed by atoms with van der Waals surface area (Å²) >= 11 is 0. The Labute approximate surface area is 135 Å². The average Bonchev–Trinajstić information content (AvgIpc) is 2.49. The van der Waals surface area contributed by atoms with E-state index in [0.29, 0.717) is 18.2 Å². The van der Waals surface area contributed by atoms with Gasteiger partial charge in [0, 0.05) is 18.5 Å². The predicted octanol–water partition coefficient (Wildman–Crippen LogP) is 2.87. The number of pyridine rings is 1. The number of nitrogens with zero attached hydrogens (tertiary/aromatic N) is 1. The second kappa shape index (κ2) is 6.77. The fourth-order valence-electron chi connectivity index (χ4n) is 2.96. The Morgan fingerprint density at radius 2 is 2.04 bits per heavy atom. The van der Waals surface area contributed by atoms with E-state index in [1.807, 2.05) is 30.3 Å². The smallest absolute Gasteiger partial charge is 0.248 e. The van der Waals surface area contributed by atoms with Gasteiger partial charge in [-0.1, -0.05) is 43.5 Å². The van der Waals surface area contributed by atoms with Crippen molar-refractivity contribution >= 4 is 28.4 Å². The van der Waals surface area contributed by atoms with Crippen LogP contribution in [0.2, 0.25) is 0 Å². The summed E-state index contributed by atoms with van der Waals surface area (Å²) < 4.78 is 0. The number of amides is 2. The molecule has 0 bridgehead atoms. The number of hydrogen-bond acceptors (Lipinski definition) is 3. The molecule has 1 atom stereocenters. The Balaban J connectivity index is 1.77. The van der Waals surface area contributed by atoms with Gasteiger partial charge in [-0.25, -0.2) is 4.98 Å². The molecule has 0 radical (unpaired) electrons. The molecule has 1 aromatic heterocycles. The first-order chi connectivity index (χ1) is 11.1. The van der Waals surface area contributed by atoms with Gasteiger partial charge in [-0.2, -0.15) is 0 Å². The van der Waals surface area contributed by atoms with Crippen molar-refractivity contribution in [2.45, 2.75) is 38.6 Å². The van der Waals surface area contributed by atoms with Crippen LogP contribution < -0.4 is 10.6 Å². The zero-order valence-electron chi connectivity index (χ0n) is 13.2. The first kappa shape index (κ1) is 15.5. The van der Waals surface area contributed by atoms with Gasteiger partial charge in [-0.3, -0.25) is 9.59 Å². The minimum atomic E-state index is -0.501. The molecule has 3 rings (SSSR count). The molecule has 0 saturated heterocycles. The summed E-state index contributed by atoms with van der Waals surface area (Å²) in [6.45, 7) is 1.44. The van der Waals surface area contributed by atoms with Crippen molar-refractivity contribution in [2.24, 2.45) is 5.92 Å². The van der Waals surface area contributed by atoms with E-state index in [9.17, 15) is 9.59 Å². The van der Waals surface area contributed by atoms with E-state index in [0.717, 1.165) is 23.6 Å². The molecule has 0 aliphatic heterocycles. The Morgan fingerprint density at radius 1 is 1.26 bits per heavy atom. The van der Waals surface area contributed by atoms with Gasteiger partial charge in [0.15, 0.2) is 0 Å². The molecule has 1 heterocycles. The van der Waals surface area contributed by atoms with E-state index in [1.54, 1.807) is 6.20 Å². The molecule has 1 aliphatic carbocycles. The number of anilines is 1. The molecule has 2 N–H and O–H groups in total. The van der Waals surface area contributed by atoms with Crippen LogP contribution in [0.4, 0.5) is 5.82 Å². The second-order valence-corrected chi connectivity index (χ2v) is 6.16. The minimum absolute atomic E-state index is 0.185. The number of hydrogen-bond donors (Lipinski definition) is 2. The van der Waals surface area contributed by atoms with E-state index in [4.69, 9.17) is 0 Å².